The summed E-state index contributed by atoms with van der Waals surface area (Å²) in [5.41, 5.74) is 0.165. The van der Waals surface area contributed by atoms with E-state index in [4.69, 9.17) is 0 Å². The van der Waals surface area contributed by atoms with Gasteiger partial charge in [0.2, 0.25) is 0 Å². The fraction of sp³-hybridized carbons (Fsp3) is 0.348. The molecule has 0 aromatic carbocycles. The molecule has 4 aromatic rings. The van der Waals surface area contributed by atoms with Crippen LogP contribution in [0.1, 0.15) is 43.5 Å². The number of aromatic nitrogens is 6. The molecule has 0 amide bonds. The predicted molar refractivity (Wildman–Crippen MR) is 123 cm³/mol. The number of anilines is 1. The second-order valence-electron chi connectivity index (χ2n) is 8.46. The first-order valence-corrected chi connectivity index (χ1v) is 11.2. The Labute approximate surface area is 196 Å². The Morgan fingerprint density at radius 2 is 1.91 bits per heavy atom. The van der Waals surface area contributed by atoms with E-state index in [9.17, 15) is 22.8 Å². The number of nitrogens with zero attached hydrogens (tertiary/aromatic N) is 5. The second-order valence-corrected chi connectivity index (χ2v) is 8.46. The van der Waals surface area contributed by atoms with Gasteiger partial charge in [0.25, 0.3) is 5.56 Å². The summed E-state index contributed by atoms with van der Waals surface area (Å²) in [6, 6.07) is 5.68. The van der Waals surface area contributed by atoms with E-state index in [0.717, 1.165) is 25.3 Å². The van der Waals surface area contributed by atoms with Gasteiger partial charge in [-0.25, -0.2) is 14.8 Å². The Balaban J connectivity index is 1.38. The molecule has 4 aromatic heterocycles. The van der Waals surface area contributed by atoms with Gasteiger partial charge in [-0.2, -0.15) is 13.2 Å². The Hall–Kier alpha value is -3.96. The summed E-state index contributed by atoms with van der Waals surface area (Å²) in [6.45, 7) is 2.65. The quantitative estimate of drug-likeness (QED) is 0.413. The van der Waals surface area contributed by atoms with E-state index in [1.807, 2.05) is 6.92 Å². The average molecular weight is 485 g/mol. The van der Waals surface area contributed by atoms with Crippen LogP contribution in [0.4, 0.5) is 19.0 Å². The van der Waals surface area contributed by atoms with Crippen LogP contribution in [0.3, 0.4) is 0 Å². The first-order valence-electron chi connectivity index (χ1n) is 11.2. The van der Waals surface area contributed by atoms with E-state index in [2.05, 4.69) is 25.3 Å². The number of pyridine rings is 2. The van der Waals surface area contributed by atoms with Crippen molar-refractivity contribution in [3.63, 3.8) is 0 Å². The number of alkyl halides is 3. The molecule has 2 N–H and O–H groups in total. The summed E-state index contributed by atoms with van der Waals surface area (Å²) in [5.74, 6) is 0.921. The number of rotatable bonds is 7. The minimum Gasteiger partial charge on any atom is -0.366 e. The van der Waals surface area contributed by atoms with Gasteiger partial charge in [0.15, 0.2) is 5.65 Å². The second kappa shape index (κ2) is 8.67. The molecule has 0 saturated heterocycles. The SMILES string of the molecule is CCCn1c(=O)n(C2CC2)c(=O)c2[nH]c(-c3ccc(NCc4ccc(C(F)(F)F)nc4)nc3)nc21. The smallest absolute Gasteiger partial charge is 0.366 e. The van der Waals surface area contributed by atoms with E-state index < -0.39 is 11.9 Å². The molecule has 0 bridgehead atoms. The number of H-pyrrole nitrogens is 1. The lowest BCUT2D eigenvalue weighted by Gasteiger charge is -2.09. The van der Waals surface area contributed by atoms with Crippen molar-refractivity contribution in [2.75, 3.05) is 5.32 Å². The molecule has 182 valence electrons. The number of hydrogen-bond donors (Lipinski definition) is 2. The third-order valence-electron chi connectivity index (χ3n) is 5.79. The van der Waals surface area contributed by atoms with Crippen molar-refractivity contribution in [2.24, 2.45) is 0 Å². The minimum atomic E-state index is -4.48. The van der Waals surface area contributed by atoms with Crippen LogP contribution in [0.5, 0.6) is 0 Å². The predicted octanol–water partition coefficient (Wildman–Crippen LogP) is 3.72. The number of hydrogen-bond acceptors (Lipinski definition) is 6. The van der Waals surface area contributed by atoms with E-state index >= 15 is 0 Å². The van der Waals surface area contributed by atoms with Gasteiger partial charge in [-0.1, -0.05) is 13.0 Å². The molecular weight excluding hydrogens is 463 g/mol. The number of aromatic amines is 1. The summed E-state index contributed by atoms with van der Waals surface area (Å²) in [7, 11) is 0. The minimum absolute atomic E-state index is 0.0545. The number of fused-ring (bicyclic) bond motifs is 1. The Kier molecular flexibility index (Phi) is 5.65. The standard InChI is InChI=1S/C23H22F3N7O2/c1-2-9-32-20-18(21(34)33(22(32)35)15-5-6-15)30-19(31-20)14-4-8-17(29-12-14)28-11-13-3-7-16(27-10-13)23(24,25)26/h3-4,7-8,10,12,15H,2,5-6,9,11H2,1H3,(H,28,29)(H,30,31). The lowest BCUT2D eigenvalue weighted by molar-refractivity contribution is -0.141. The highest BCUT2D eigenvalue weighted by Gasteiger charge is 2.32. The first kappa shape index (κ1) is 22.8. The van der Waals surface area contributed by atoms with Gasteiger partial charge < -0.3 is 10.3 Å². The number of aryl methyl sites for hydroxylation is 1. The molecule has 0 radical (unpaired) electrons. The fourth-order valence-corrected chi connectivity index (χ4v) is 3.88. The van der Waals surface area contributed by atoms with Crippen molar-refractivity contribution in [1.29, 1.82) is 0 Å². The lowest BCUT2D eigenvalue weighted by atomic mass is 10.2. The van der Waals surface area contributed by atoms with Crippen LogP contribution >= 0.6 is 0 Å². The maximum Gasteiger partial charge on any atom is 0.433 e. The van der Waals surface area contributed by atoms with Crippen molar-refractivity contribution in [2.45, 2.75) is 51.5 Å². The molecule has 0 unspecified atom stereocenters. The van der Waals surface area contributed by atoms with E-state index in [1.165, 1.54) is 21.4 Å². The summed E-state index contributed by atoms with van der Waals surface area (Å²) in [4.78, 5) is 41.2. The molecule has 12 heteroatoms. The molecule has 9 nitrogen and oxygen atoms in total. The van der Waals surface area contributed by atoms with Gasteiger partial charge in [-0.3, -0.25) is 18.9 Å². The molecule has 1 aliphatic carbocycles. The van der Waals surface area contributed by atoms with E-state index in [0.29, 0.717) is 35.0 Å². The van der Waals surface area contributed by atoms with Gasteiger partial charge in [0.1, 0.15) is 22.9 Å². The van der Waals surface area contributed by atoms with Crippen molar-refractivity contribution in [1.82, 2.24) is 29.1 Å². The monoisotopic (exact) mass is 485 g/mol. The maximum absolute atomic E-state index is 13.0. The van der Waals surface area contributed by atoms with Gasteiger partial charge in [0, 0.05) is 37.1 Å². The van der Waals surface area contributed by atoms with Crippen molar-refractivity contribution in [3.8, 4) is 11.4 Å². The van der Waals surface area contributed by atoms with E-state index in [1.54, 1.807) is 18.3 Å². The highest BCUT2D eigenvalue weighted by molar-refractivity contribution is 5.75. The largest absolute Gasteiger partial charge is 0.433 e. The highest BCUT2D eigenvalue weighted by Crippen LogP contribution is 2.32. The van der Waals surface area contributed by atoms with Crippen LogP contribution in [0.15, 0.2) is 46.2 Å². The molecule has 1 fully saturated rings. The van der Waals surface area contributed by atoms with Gasteiger partial charge in [-0.15, -0.1) is 0 Å². The summed E-state index contributed by atoms with van der Waals surface area (Å²) >= 11 is 0. The molecule has 35 heavy (non-hydrogen) atoms. The molecule has 1 saturated carbocycles. The van der Waals surface area contributed by atoms with Crippen molar-refractivity contribution in [3.05, 3.63) is 68.8 Å². The third-order valence-corrected chi connectivity index (χ3v) is 5.79. The molecule has 0 aliphatic heterocycles. The molecule has 5 rings (SSSR count). The lowest BCUT2D eigenvalue weighted by Crippen LogP contribution is -2.39. The summed E-state index contributed by atoms with van der Waals surface area (Å²) in [5, 5.41) is 3.03. The van der Waals surface area contributed by atoms with Crippen LogP contribution in [-0.4, -0.2) is 29.1 Å². The molecular formula is C23H22F3N7O2. The third kappa shape index (κ3) is 4.43. The fourth-order valence-electron chi connectivity index (χ4n) is 3.88. The Morgan fingerprint density at radius 3 is 2.51 bits per heavy atom. The van der Waals surface area contributed by atoms with Gasteiger partial charge in [-0.05, 0) is 43.0 Å². The Morgan fingerprint density at radius 1 is 1.11 bits per heavy atom. The highest BCUT2D eigenvalue weighted by atomic mass is 19.4. The maximum atomic E-state index is 13.0. The van der Waals surface area contributed by atoms with Crippen LogP contribution in [0.2, 0.25) is 0 Å². The van der Waals surface area contributed by atoms with Gasteiger partial charge >= 0.3 is 11.9 Å². The van der Waals surface area contributed by atoms with Crippen molar-refractivity contribution >= 4 is 17.0 Å². The Bertz CT molecular complexity index is 1480. The van der Waals surface area contributed by atoms with Crippen LogP contribution in [-0.2, 0) is 19.3 Å². The van der Waals surface area contributed by atoms with Crippen LogP contribution < -0.4 is 16.6 Å². The first-order chi connectivity index (χ1) is 16.8. The molecule has 4 heterocycles. The molecule has 0 atom stereocenters. The summed E-state index contributed by atoms with van der Waals surface area (Å²) < 4.78 is 40.8. The zero-order valence-electron chi connectivity index (χ0n) is 18.8. The zero-order valence-corrected chi connectivity index (χ0v) is 18.8. The average Bonchev–Trinajstić information content (AvgIpc) is 3.57. The van der Waals surface area contributed by atoms with E-state index in [-0.39, 0.29) is 29.4 Å². The van der Waals surface area contributed by atoms with Crippen LogP contribution in [0.25, 0.3) is 22.6 Å². The number of nitrogens with one attached hydrogen (secondary N) is 2. The number of halogens is 3. The molecule has 0 spiro atoms. The topological polar surface area (TPSA) is 110 Å². The molecule has 1 aliphatic rings. The normalized spacial score (nSPS) is 13.9. The zero-order chi connectivity index (χ0) is 24.7. The van der Waals surface area contributed by atoms with Crippen LogP contribution in [0, 0.1) is 0 Å². The van der Waals surface area contributed by atoms with Gasteiger partial charge in [0.05, 0.1) is 0 Å². The summed E-state index contributed by atoms with van der Waals surface area (Å²) in [6.07, 6.45) is 0.603. The number of imidazole rings is 1. The van der Waals surface area contributed by atoms with Crippen molar-refractivity contribution < 1.29 is 13.2 Å².